The van der Waals surface area contributed by atoms with Crippen molar-refractivity contribution in [1.82, 2.24) is 10.3 Å². The van der Waals surface area contributed by atoms with Gasteiger partial charge in [0.2, 0.25) is 0 Å². The lowest BCUT2D eigenvalue weighted by molar-refractivity contribution is -0.115. The molecule has 1 aliphatic heterocycles. The number of benzene rings is 2. The molecule has 0 bridgehead atoms. The summed E-state index contributed by atoms with van der Waals surface area (Å²) in [6.07, 6.45) is 5.25. The lowest BCUT2D eigenvalue weighted by Gasteiger charge is -2.02. The molecule has 1 aliphatic rings. The molecule has 3 aromatic rings. The zero-order chi connectivity index (χ0) is 16.4. The zero-order valence-corrected chi connectivity index (χ0v) is 13.5. The number of hydrogen-bond donors (Lipinski definition) is 1. The molecule has 0 unspecified atom stereocenters. The van der Waals surface area contributed by atoms with Crippen LogP contribution in [0.25, 0.3) is 16.8 Å². The van der Waals surface area contributed by atoms with Gasteiger partial charge < -0.3 is 5.32 Å². The first kappa shape index (κ1) is 14.7. The maximum atomic E-state index is 12.1. The number of rotatable bonds is 2. The molecule has 1 amide bonds. The molecule has 2 aromatic carbocycles. The van der Waals surface area contributed by atoms with Crippen LogP contribution in [0, 0.1) is 0 Å². The van der Waals surface area contributed by atoms with Gasteiger partial charge in [0.05, 0.1) is 10.6 Å². The van der Waals surface area contributed by atoms with E-state index in [1.807, 2.05) is 60.7 Å². The fourth-order valence-corrected chi connectivity index (χ4v) is 3.34. The van der Waals surface area contributed by atoms with Crippen molar-refractivity contribution in [2.24, 2.45) is 4.99 Å². The highest BCUT2D eigenvalue weighted by Gasteiger charge is 2.23. The van der Waals surface area contributed by atoms with Crippen LogP contribution in [0.3, 0.4) is 0 Å². The van der Waals surface area contributed by atoms with Gasteiger partial charge in [-0.3, -0.25) is 9.78 Å². The second-order valence-electron chi connectivity index (χ2n) is 5.26. The van der Waals surface area contributed by atoms with E-state index in [1.165, 1.54) is 11.8 Å². The average Bonchev–Trinajstić information content (AvgIpc) is 2.95. The zero-order valence-electron chi connectivity index (χ0n) is 12.6. The van der Waals surface area contributed by atoms with Crippen molar-refractivity contribution < 1.29 is 4.79 Å². The van der Waals surface area contributed by atoms with Crippen LogP contribution in [-0.4, -0.2) is 16.1 Å². The van der Waals surface area contributed by atoms with E-state index in [-0.39, 0.29) is 5.91 Å². The number of fused-ring (bicyclic) bond motifs is 1. The molecule has 5 heteroatoms. The van der Waals surface area contributed by atoms with Gasteiger partial charge in [-0.25, -0.2) is 4.99 Å². The second-order valence-corrected chi connectivity index (χ2v) is 6.29. The Kier molecular flexibility index (Phi) is 3.84. The third kappa shape index (κ3) is 2.94. The van der Waals surface area contributed by atoms with E-state index in [9.17, 15) is 4.79 Å². The molecule has 0 saturated carbocycles. The summed E-state index contributed by atoms with van der Waals surface area (Å²) >= 11 is 1.35. The Morgan fingerprint density at radius 3 is 2.67 bits per heavy atom. The Labute approximate surface area is 143 Å². The molecule has 0 spiro atoms. The van der Waals surface area contributed by atoms with Crippen molar-refractivity contribution in [2.45, 2.75) is 0 Å². The van der Waals surface area contributed by atoms with Crippen molar-refractivity contribution in [2.75, 3.05) is 0 Å². The van der Waals surface area contributed by atoms with Crippen molar-refractivity contribution in [1.29, 1.82) is 0 Å². The number of nitrogens with zero attached hydrogens (tertiary/aromatic N) is 2. The van der Waals surface area contributed by atoms with Gasteiger partial charge in [0.1, 0.15) is 0 Å². The van der Waals surface area contributed by atoms with Crippen molar-refractivity contribution in [3.8, 4) is 0 Å². The molecule has 2 heterocycles. The minimum atomic E-state index is -0.129. The third-order valence-corrected chi connectivity index (χ3v) is 4.55. The van der Waals surface area contributed by atoms with Crippen LogP contribution in [0.15, 0.2) is 76.9 Å². The van der Waals surface area contributed by atoms with Gasteiger partial charge >= 0.3 is 0 Å². The van der Waals surface area contributed by atoms with Gasteiger partial charge in [-0.15, -0.1) is 0 Å². The Morgan fingerprint density at radius 2 is 1.79 bits per heavy atom. The fourth-order valence-electron chi connectivity index (χ4n) is 2.51. The SMILES string of the molecule is O=C1NC(=Nc2cccc3ccccc23)S/C1=C\c1ccncc1. The van der Waals surface area contributed by atoms with Crippen LogP contribution in [0.1, 0.15) is 5.56 Å². The maximum absolute atomic E-state index is 12.1. The molecule has 1 fully saturated rings. The Balaban J connectivity index is 1.67. The molecule has 24 heavy (non-hydrogen) atoms. The number of carbonyl (C=O) groups excluding carboxylic acids is 1. The molecule has 4 rings (SSSR count). The van der Waals surface area contributed by atoms with Crippen LogP contribution >= 0.6 is 11.8 Å². The highest BCUT2D eigenvalue weighted by Crippen LogP contribution is 2.31. The second kappa shape index (κ2) is 6.29. The number of hydrogen-bond acceptors (Lipinski definition) is 4. The Hall–Kier alpha value is -2.92. The summed E-state index contributed by atoms with van der Waals surface area (Å²) in [7, 11) is 0. The fraction of sp³-hybridized carbons (Fsp3) is 0. The largest absolute Gasteiger partial charge is 0.300 e. The predicted octanol–water partition coefficient (Wildman–Crippen LogP) is 4.13. The number of aromatic nitrogens is 1. The van der Waals surface area contributed by atoms with Gasteiger partial charge in [-0.05, 0) is 47.0 Å². The maximum Gasteiger partial charge on any atom is 0.264 e. The monoisotopic (exact) mass is 331 g/mol. The van der Waals surface area contributed by atoms with Gasteiger partial charge in [-0.2, -0.15) is 0 Å². The van der Waals surface area contributed by atoms with Crippen LogP contribution in [0.4, 0.5) is 5.69 Å². The van der Waals surface area contributed by atoms with Gasteiger partial charge in [-0.1, -0.05) is 36.4 Å². The van der Waals surface area contributed by atoms with Crippen LogP contribution in [-0.2, 0) is 4.79 Å². The number of pyridine rings is 1. The number of aliphatic imine (C=N–C) groups is 1. The molecular formula is C19H13N3OS. The minimum absolute atomic E-state index is 0.129. The van der Waals surface area contributed by atoms with Crippen molar-refractivity contribution in [3.63, 3.8) is 0 Å². The summed E-state index contributed by atoms with van der Waals surface area (Å²) in [5, 5.41) is 5.61. The standard InChI is InChI=1S/C19H13N3OS/c23-18-17(12-13-8-10-20-11-9-13)24-19(22-18)21-16-7-3-5-14-4-1-2-6-15(14)16/h1-12H,(H,21,22,23)/b17-12-. The molecular weight excluding hydrogens is 318 g/mol. The van der Waals surface area contributed by atoms with Crippen molar-refractivity contribution >= 4 is 45.4 Å². The quantitative estimate of drug-likeness (QED) is 0.719. The van der Waals surface area contributed by atoms with E-state index in [2.05, 4.69) is 15.3 Å². The lowest BCUT2D eigenvalue weighted by Crippen LogP contribution is -2.19. The number of thioether (sulfide) groups is 1. The molecule has 116 valence electrons. The topological polar surface area (TPSA) is 54.4 Å². The van der Waals surface area contributed by atoms with Crippen molar-refractivity contribution in [3.05, 3.63) is 77.5 Å². The molecule has 1 N–H and O–H groups in total. The highest BCUT2D eigenvalue weighted by molar-refractivity contribution is 8.18. The van der Waals surface area contributed by atoms with E-state index in [0.29, 0.717) is 10.1 Å². The van der Waals surface area contributed by atoms with Gasteiger partial charge in [0.25, 0.3) is 5.91 Å². The number of carbonyl (C=O) groups is 1. The number of amidine groups is 1. The summed E-state index contributed by atoms with van der Waals surface area (Å²) in [5.41, 5.74) is 1.79. The molecule has 0 radical (unpaired) electrons. The summed E-state index contributed by atoms with van der Waals surface area (Å²) in [4.78, 5) is 21.4. The van der Waals surface area contributed by atoms with Gasteiger partial charge in [0, 0.05) is 17.8 Å². The summed E-state index contributed by atoms with van der Waals surface area (Å²) in [6, 6.07) is 17.8. The molecule has 1 aromatic heterocycles. The van der Waals surface area contributed by atoms with E-state index in [0.717, 1.165) is 22.0 Å². The molecule has 0 aliphatic carbocycles. The van der Waals surface area contributed by atoms with Crippen LogP contribution < -0.4 is 5.32 Å². The summed E-state index contributed by atoms with van der Waals surface area (Å²) < 4.78 is 0. The van der Waals surface area contributed by atoms with E-state index < -0.39 is 0 Å². The van der Waals surface area contributed by atoms with E-state index in [1.54, 1.807) is 12.4 Å². The number of nitrogens with one attached hydrogen (secondary N) is 1. The van der Waals surface area contributed by atoms with Gasteiger partial charge in [0.15, 0.2) is 5.17 Å². The molecule has 1 saturated heterocycles. The summed E-state index contributed by atoms with van der Waals surface area (Å²) in [6.45, 7) is 0. The third-order valence-electron chi connectivity index (χ3n) is 3.64. The summed E-state index contributed by atoms with van der Waals surface area (Å²) in [5.74, 6) is -0.129. The predicted molar refractivity (Wildman–Crippen MR) is 99.0 cm³/mol. The first-order valence-electron chi connectivity index (χ1n) is 7.47. The number of amides is 1. The smallest absolute Gasteiger partial charge is 0.264 e. The first-order chi connectivity index (χ1) is 11.8. The molecule has 0 atom stereocenters. The minimum Gasteiger partial charge on any atom is -0.300 e. The normalized spacial score (nSPS) is 17.6. The van der Waals surface area contributed by atoms with E-state index in [4.69, 9.17) is 0 Å². The Bertz CT molecular complexity index is 975. The highest BCUT2D eigenvalue weighted by atomic mass is 32.2. The average molecular weight is 331 g/mol. The first-order valence-corrected chi connectivity index (χ1v) is 8.29. The Morgan fingerprint density at radius 1 is 1.00 bits per heavy atom. The van der Waals surface area contributed by atoms with Crippen LogP contribution in [0.2, 0.25) is 0 Å². The lowest BCUT2D eigenvalue weighted by atomic mass is 10.1. The molecule has 4 nitrogen and oxygen atoms in total. The van der Waals surface area contributed by atoms with E-state index >= 15 is 0 Å². The van der Waals surface area contributed by atoms with Crippen LogP contribution in [0.5, 0.6) is 0 Å².